The summed E-state index contributed by atoms with van der Waals surface area (Å²) in [6, 6.07) is 2.93. The van der Waals surface area contributed by atoms with Gasteiger partial charge in [0, 0.05) is 19.2 Å². The molecule has 0 heterocycles. The Labute approximate surface area is 127 Å². The van der Waals surface area contributed by atoms with E-state index in [4.69, 9.17) is 15.2 Å². The van der Waals surface area contributed by atoms with Gasteiger partial charge in [-0.2, -0.15) is 0 Å². The van der Waals surface area contributed by atoms with Crippen molar-refractivity contribution in [2.75, 3.05) is 27.3 Å². The number of hydrogen-bond acceptors (Lipinski definition) is 5. The fourth-order valence-corrected chi connectivity index (χ4v) is 3.19. The topological polar surface area (TPSA) is 90.6 Å². The van der Waals surface area contributed by atoms with Gasteiger partial charge in [-0.25, -0.2) is 13.1 Å². The molecule has 0 aliphatic heterocycles. The lowest BCUT2D eigenvalue weighted by molar-refractivity contribution is 0.384. The number of sulfonamides is 1. The molecule has 0 saturated heterocycles. The minimum atomic E-state index is -3.65. The average Bonchev–Trinajstić information content (AvgIpc) is 2.36. The van der Waals surface area contributed by atoms with E-state index in [0.29, 0.717) is 10.2 Å². The lowest BCUT2D eigenvalue weighted by Crippen LogP contribution is -2.29. The Bertz CT molecular complexity index is 525. The van der Waals surface area contributed by atoms with Crippen LogP contribution in [-0.4, -0.2) is 35.7 Å². The fraction of sp³-hybridized carbons (Fsp3) is 0.400. The van der Waals surface area contributed by atoms with Crippen LogP contribution < -0.4 is 19.9 Å². The van der Waals surface area contributed by atoms with Crippen molar-refractivity contribution in [1.29, 1.82) is 0 Å². The van der Waals surface area contributed by atoms with E-state index in [-0.39, 0.29) is 36.1 Å². The predicted octanol–water partition coefficient (Wildman–Crippen LogP) is 1.13. The molecule has 110 valence electrons. The van der Waals surface area contributed by atoms with Crippen LogP contribution in [0, 0.1) is 0 Å². The van der Waals surface area contributed by atoms with Crippen LogP contribution in [0.2, 0.25) is 0 Å². The first-order valence-electron chi connectivity index (χ1n) is 5.07. The molecule has 1 rings (SSSR count). The van der Waals surface area contributed by atoms with Crippen molar-refractivity contribution in [3.63, 3.8) is 0 Å². The highest BCUT2D eigenvalue weighted by molar-refractivity contribution is 9.10. The molecule has 9 heteroatoms. The Hall–Kier alpha value is -0.540. The average molecular weight is 376 g/mol. The maximum Gasteiger partial charge on any atom is 0.244 e. The molecule has 0 aliphatic rings. The molecule has 6 nitrogen and oxygen atoms in total. The second-order valence-corrected chi connectivity index (χ2v) is 5.91. The van der Waals surface area contributed by atoms with Gasteiger partial charge in [0.15, 0.2) is 0 Å². The largest absolute Gasteiger partial charge is 0.495 e. The van der Waals surface area contributed by atoms with Gasteiger partial charge < -0.3 is 15.2 Å². The molecule has 0 spiro atoms. The van der Waals surface area contributed by atoms with Crippen LogP contribution in [0.25, 0.3) is 0 Å². The van der Waals surface area contributed by atoms with E-state index in [1.165, 1.54) is 26.4 Å². The smallest absolute Gasteiger partial charge is 0.244 e. The van der Waals surface area contributed by atoms with Gasteiger partial charge in [0.1, 0.15) is 16.4 Å². The van der Waals surface area contributed by atoms with E-state index >= 15 is 0 Å². The molecule has 0 unspecified atom stereocenters. The van der Waals surface area contributed by atoms with E-state index in [0.717, 1.165) is 0 Å². The van der Waals surface area contributed by atoms with E-state index in [1.54, 1.807) is 0 Å². The van der Waals surface area contributed by atoms with Gasteiger partial charge in [0.2, 0.25) is 10.0 Å². The number of methoxy groups -OCH3 is 2. The first-order chi connectivity index (χ1) is 8.46. The van der Waals surface area contributed by atoms with Crippen molar-refractivity contribution in [1.82, 2.24) is 4.72 Å². The molecule has 0 radical (unpaired) electrons. The predicted molar refractivity (Wildman–Crippen MR) is 78.7 cm³/mol. The molecule has 1 aromatic rings. The summed E-state index contributed by atoms with van der Waals surface area (Å²) in [5.74, 6) is 0.698. The maximum absolute atomic E-state index is 12.0. The minimum absolute atomic E-state index is 0. The Kier molecular flexibility index (Phi) is 7.68. The van der Waals surface area contributed by atoms with Gasteiger partial charge in [-0.1, -0.05) is 0 Å². The van der Waals surface area contributed by atoms with E-state index in [1.807, 2.05) is 0 Å². The van der Waals surface area contributed by atoms with Crippen molar-refractivity contribution in [2.45, 2.75) is 4.90 Å². The third-order valence-electron chi connectivity index (χ3n) is 2.16. The summed E-state index contributed by atoms with van der Waals surface area (Å²) in [7, 11) is -0.773. The van der Waals surface area contributed by atoms with Gasteiger partial charge in [0.05, 0.1) is 18.7 Å². The molecular formula is C10H16BrClN2O4S. The molecular weight excluding hydrogens is 360 g/mol. The number of ether oxygens (including phenoxy) is 2. The molecule has 0 amide bonds. The van der Waals surface area contributed by atoms with Gasteiger partial charge in [0.25, 0.3) is 0 Å². The fourth-order valence-electron chi connectivity index (χ4n) is 1.31. The molecule has 3 N–H and O–H groups in total. The van der Waals surface area contributed by atoms with E-state index in [2.05, 4.69) is 20.7 Å². The van der Waals surface area contributed by atoms with Crippen molar-refractivity contribution in [3.8, 4) is 11.5 Å². The van der Waals surface area contributed by atoms with E-state index < -0.39 is 10.0 Å². The summed E-state index contributed by atoms with van der Waals surface area (Å²) in [6.07, 6.45) is 0. The molecule has 0 saturated carbocycles. The van der Waals surface area contributed by atoms with Crippen LogP contribution in [0.15, 0.2) is 21.5 Å². The van der Waals surface area contributed by atoms with Crippen LogP contribution in [0.4, 0.5) is 0 Å². The van der Waals surface area contributed by atoms with Crippen LogP contribution >= 0.6 is 28.3 Å². The third kappa shape index (κ3) is 4.50. The third-order valence-corrected chi connectivity index (χ3v) is 4.27. The zero-order valence-corrected chi connectivity index (χ0v) is 13.7. The first-order valence-corrected chi connectivity index (χ1v) is 7.35. The highest BCUT2D eigenvalue weighted by Crippen LogP contribution is 2.35. The number of benzene rings is 1. The standard InChI is InChI=1S/C10H15BrN2O4S.ClH/c1-16-8-6-9(17-2)10(5-7(8)11)18(14,15)13-4-3-12;/h5-6,13H,3-4,12H2,1-2H3;1H. The normalized spacial score (nSPS) is 10.7. The van der Waals surface area contributed by atoms with Gasteiger partial charge in [-0.05, 0) is 22.0 Å². The van der Waals surface area contributed by atoms with Crippen LogP contribution in [0.3, 0.4) is 0 Å². The zero-order chi connectivity index (χ0) is 13.8. The number of nitrogens with one attached hydrogen (secondary N) is 1. The molecule has 19 heavy (non-hydrogen) atoms. The highest BCUT2D eigenvalue weighted by atomic mass is 79.9. The second-order valence-electron chi connectivity index (χ2n) is 3.32. The SMILES string of the molecule is COc1cc(OC)c(S(=O)(=O)NCCN)cc1Br.Cl. The quantitative estimate of drug-likeness (QED) is 0.778. The molecule has 0 atom stereocenters. The van der Waals surface area contributed by atoms with Gasteiger partial charge in [-0.3, -0.25) is 0 Å². The molecule has 0 fully saturated rings. The highest BCUT2D eigenvalue weighted by Gasteiger charge is 2.21. The van der Waals surface area contributed by atoms with Crippen molar-refractivity contribution in [3.05, 3.63) is 16.6 Å². The van der Waals surface area contributed by atoms with Crippen LogP contribution in [0.5, 0.6) is 11.5 Å². The van der Waals surface area contributed by atoms with Crippen LogP contribution in [-0.2, 0) is 10.0 Å². The summed E-state index contributed by atoms with van der Waals surface area (Å²) in [5.41, 5.74) is 5.27. The summed E-state index contributed by atoms with van der Waals surface area (Å²) in [6.45, 7) is 0.383. The lowest BCUT2D eigenvalue weighted by Gasteiger charge is -2.13. The Morgan fingerprint density at radius 2 is 1.84 bits per heavy atom. The van der Waals surface area contributed by atoms with Crippen LogP contribution in [0.1, 0.15) is 0 Å². The zero-order valence-electron chi connectivity index (χ0n) is 10.5. The lowest BCUT2D eigenvalue weighted by atomic mass is 10.3. The van der Waals surface area contributed by atoms with Crippen molar-refractivity contribution in [2.24, 2.45) is 5.73 Å². The Morgan fingerprint density at radius 1 is 1.26 bits per heavy atom. The van der Waals surface area contributed by atoms with E-state index in [9.17, 15) is 8.42 Å². The molecule has 0 aliphatic carbocycles. The summed E-state index contributed by atoms with van der Waals surface area (Å²) < 4.78 is 37.1. The molecule has 1 aromatic carbocycles. The summed E-state index contributed by atoms with van der Waals surface area (Å²) in [5, 5.41) is 0. The van der Waals surface area contributed by atoms with Crippen molar-refractivity contribution < 1.29 is 17.9 Å². The second kappa shape index (κ2) is 7.91. The summed E-state index contributed by atoms with van der Waals surface area (Å²) in [4.78, 5) is 0.0334. The molecule has 0 bridgehead atoms. The first kappa shape index (κ1) is 18.5. The minimum Gasteiger partial charge on any atom is -0.495 e. The number of hydrogen-bond donors (Lipinski definition) is 2. The monoisotopic (exact) mass is 374 g/mol. The number of nitrogens with two attached hydrogens (primary N) is 1. The Morgan fingerprint density at radius 3 is 2.32 bits per heavy atom. The van der Waals surface area contributed by atoms with Crippen molar-refractivity contribution >= 4 is 38.4 Å². The number of halogens is 2. The number of rotatable bonds is 6. The maximum atomic E-state index is 12.0. The van der Waals surface area contributed by atoms with Gasteiger partial charge >= 0.3 is 0 Å². The Balaban J connectivity index is 0.00000324. The van der Waals surface area contributed by atoms with Gasteiger partial charge in [-0.15, -0.1) is 12.4 Å². The summed E-state index contributed by atoms with van der Waals surface area (Å²) >= 11 is 3.23. The molecule has 0 aromatic heterocycles.